The molecule has 0 spiro atoms. The van der Waals surface area contributed by atoms with Crippen molar-refractivity contribution in [3.63, 3.8) is 0 Å². The Balaban J connectivity index is 1.27. The van der Waals surface area contributed by atoms with Crippen molar-refractivity contribution < 1.29 is 4.74 Å². The molecule has 2 unspecified atom stereocenters. The van der Waals surface area contributed by atoms with Crippen molar-refractivity contribution in [2.75, 3.05) is 11.9 Å². The van der Waals surface area contributed by atoms with Crippen molar-refractivity contribution in [3.05, 3.63) is 47.9 Å². The van der Waals surface area contributed by atoms with Gasteiger partial charge in [-0.3, -0.25) is 4.90 Å². The molecule has 3 heterocycles. The summed E-state index contributed by atoms with van der Waals surface area (Å²) in [5.41, 5.74) is 2.79. The number of allylic oxidation sites excluding steroid dienone is 2. The van der Waals surface area contributed by atoms with Gasteiger partial charge in [-0.15, -0.1) is 0 Å². The molecular weight excluding hydrogens is 308 g/mol. The summed E-state index contributed by atoms with van der Waals surface area (Å²) in [4.78, 5) is 2.79. The fourth-order valence-electron chi connectivity index (χ4n) is 4.58. The number of anilines is 1. The fraction of sp³-hybridized carbons (Fsp3) is 0.545. The van der Waals surface area contributed by atoms with E-state index in [4.69, 9.17) is 4.74 Å². The highest BCUT2D eigenvalue weighted by Gasteiger charge is 2.37. The van der Waals surface area contributed by atoms with Crippen LogP contribution >= 0.6 is 0 Å². The van der Waals surface area contributed by atoms with Gasteiger partial charge in [0.1, 0.15) is 11.5 Å². The third-order valence-corrected chi connectivity index (χ3v) is 5.84. The molecular formula is C22H30N2O. The molecule has 3 nitrogen and oxygen atoms in total. The molecule has 1 N–H and O–H groups in total. The van der Waals surface area contributed by atoms with E-state index in [0.717, 1.165) is 35.7 Å². The number of nitrogens with one attached hydrogen (secondary N) is 1. The second kappa shape index (κ2) is 7.65. The number of fused-ring (bicyclic) bond motifs is 3. The lowest BCUT2D eigenvalue weighted by Gasteiger charge is -2.36. The molecule has 4 rings (SSSR count). The summed E-state index contributed by atoms with van der Waals surface area (Å²) in [5, 5.41) is 3.35. The molecule has 0 saturated carbocycles. The summed E-state index contributed by atoms with van der Waals surface area (Å²) >= 11 is 0. The van der Waals surface area contributed by atoms with Gasteiger partial charge in [0, 0.05) is 24.7 Å². The largest absolute Gasteiger partial charge is 0.458 e. The van der Waals surface area contributed by atoms with Crippen molar-refractivity contribution in [2.45, 2.75) is 70.4 Å². The highest BCUT2D eigenvalue weighted by molar-refractivity contribution is 5.60. The molecule has 25 heavy (non-hydrogen) atoms. The van der Waals surface area contributed by atoms with Crippen LogP contribution in [-0.4, -0.2) is 23.5 Å². The zero-order valence-corrected chi connectivity index (χ0v) is 15.3. The van der Waals surface area contributed by atoms with Gasteiger partial charge in [0.2, 0.25) is 0 Å². The van der Waals surface area contributed by atoms with Crippen LogP contribution in [0, 0.1) is 0 Å². The Bertz CT molecular complexity index is 648. The van der Waals surface area contributed by atoms with Gasteiger partial charge in [-0.05, 0) is 57.2 Å². The van der Waals surface area contributed by atoms with Crippen LogP contribution < -0.4 is 10.1 Å². The number of para-hydroxylation sites is 2. The minimum absolute atomic E-state index is 0.793. The lowest BCUT2D eigenvalue weighted by molar-refractivity contribution is 0.162. The van der Waals surface area contributed by atoms with Gasteiger partial charge in [0.25, 0.3) is 0 Å². The van der Waals surface area contributed by atoms with Crippen LogP contribution in [0.2, 0.25) is 0 Å². The Hall–Kier alpha value is -1.74. The molecule has 2 saturated heterocycles. The van der Waals surface area contributed by atoms with Crippen molar-refractivity contribution >= 4 is 5.69 Å². The van der Waals surface area contributed by atoms with E-state index in [1.165, 1.54) is 51.5 Å². The van der Waals surface area contributed by atoms with E-state index >= 15 is 0 Å². The van der Waals surface area contributed by atoms with Crippen molar-refractivity contribution in [1.82, 2.24) is 4.90 Å². The third kappa shape index (κ3) is 3.77. The SMILES string of the molecule is CCCC=C1CC2CCC(C1)N2CCCC1=CNc2ccccc2O1. The number of hydrogen-bond donors (Lipinski definition) is 1. The number of ether oxygens (including phenoxy) is 1. The van der Waals surface area contributed by atoms with Gasteiger partial charge in [0.05, 0.1) is 5.69 Å². The Morgan fingerprint density at radius 3 is 2.80 bits per heavy atom. The van der Waals surface area contributed by atoms with Gasteiger partial charge in [-0.25, -0.2) is 0 Å². The molecule has 2 fully saturated rings. The molecule has 3 aliphatic rings. The maximum atomic E-state index is 6.02. The maximum Gasteiger partial charge on any atom is 0.150 e. The molecule has 0 aromatic heterocycles. The summed E-state index contributed by atoms with van der Waals surface area (Å²) in [5.74, 6) is 2.01. The Kier molecular flexibility index (Phi) is 5.12. The van der Waals surface area contributed by atoms with Crippen LogP contribution in [0.5, 0.6) is 5.75 Å². The number of nitrogens with zero attached hydrogens (tertiary/aromatic N) is 1. The number of rotatable bonds is 6. The molecule has 3 heteroatoms. The number of unbranched alkanes of at least 4 members (excludes halogenated alkanes) is 1. The van der Waals surface area contributed by atoms with Crippen molar-refractivity contribution in [1.29, 1.82) is 0 Å². The zero-order valence-electron chi connectivity index (χ0n) is 15.3. The molecule has 2 atom stereocenters. The zero-order chi connectivity index (χ0) is 17.1. The average molecular weight is 338 g/mol. The first-order chi connectivity index (χ1) is 12.3. The van der Waals surface area contributed by atoms with E-state index in [-0.39, 0.29) is 0 Å². The Morgan fingerprint density at radius 2 is 2.00 bits per heavy atom. The standard InChI is InChI=1S/C22H30N2O/c1-2-3-7-17-14-18-11-12-19(15-17)24(18)13-6-8-20-16-23-21-9-4-5-10-22(21)25-20/h4-5,7,9-10,16,18-19,23H,2-3,6,8,11-15H2,1H3. The second-order valence-corrected chi connectivity index (χ2v) is 7.64. The van der Waals surface area contributed by atoms with Gasteiger partial charge < -0.3 is 10.1 Å². The van der Waals surface area contributed by atoms with E-state index in [0.29, 0.717) is 0 Å². The number of hydrogen-bond acceptors (Lipinski definition) is 3. The molecule has 0 radical (unpaired) electrons. The van der Waals surface area contributed by atoms with Gasteiger partial charge in [-0.1, -0.05) is 37.1 Å². The van der Waals surface area contributed by atoms with Crippen LogP contribution in [0.25, 0.3) is 0 Å². The maximum absolute atomic E-state index is 6.02. The molecule has 2 bridgehead atoms. The average Bonchev–Trinajstić information content (AvgIpc) is 2.88. The third-order valence-electron chi connectivity index (χ3n) is 5.84. The van der Waals surface area contributed by atoms with E-state index in [1.54, 1.807) is 5.57 Å². The number of piperidine rings is 1. The van der Waals surface area contributed by atoms with Gasteiger partial charge in [-0.2, -0.15) is 0 Å². The molecule has 1 aromatic rings. The molecule has 134 valence electrons. The van der Waals surface area contributed by atoms with E-state index in [1.807, 2.05) is 24.4 Å². The normalized spacial score (nSPS) is 25.0. The summed E-state index contributed by atoms with van der Waals surface area (Å²) in [6.07, 6.45) is 14.7. The van der Waals surface area contributed by atoms with Crippen LogP contribution in [0.3, 0.4) is 0 Å². The van der Waals surface area contributed by atoms with Gasteiger partial charge >= 0.3 is 0 Å². The lowest BCUT2D eigenvalue weighted by atomic mass is 9.95. The minimum atomic E-state index is 0.793. The van der Waals surface area contributed by atoms with Crippen molar-refractivity contribution in [2.24, 2.45) is 0 Å². The first kappa shape index (κ1) is 16.7. The monoisotopic (exact) mass is 338 g/mol. The van der Waals surface area contributed by atoms with Crippen LogP contribution in [0.1, 0.15) is 58.3 Å². The van der Waals surface area contributed by atoms with Crippen molar-refractivity contribution in [3.8, 4) is 5.75 Å². The molecule has 0 aliphatic carbocycles. The minimum Gasteiger partial charge on any atom is -0.458 e. The highest BCUT2D eigenvalue weighted by atomic mass is 16.5. The first-order valence-electron chi connectivity index (χ1n) is 9.99. The first-order valence-corrected chi connectivity index (χ1v) is 9.99. The summed E-state index contributed by atoms with van der Waals surface area (Å²) in [6, 6.07) is 9.73. The lowest BCUT2D eigenvalue weighted by Crippen LogP contribution is -2.41. The second-order valence-electron chi connectivity index (χ2n) is 7.64. The Labute approximate surface area is 151 Å². The van der Waals surface area contributed by atoms with Crippen LogP contribution in [-0.2, 0) is 0 Å². The topological polar surface area (TPSA) is 24.5 Å². The smallest absolute Gasteiger partial charge is 0.150 e. The van der Waals surface area contributed by atoms with E-state index in [9.17, 15) is 0 Å². The predicted molar refractivity (Wildman–Crippen MR) is 104 cm³/mol. The molecule has 0 amide bonds. The summed E-state index contributed by atoms with van der Waals surface area (Å²) in [7, 11) is 0. The van der Waals surface area contributed by atoms with E-state index < -0.39 is 0 Å². The molecule has 1 aromatic carbocycles. The van der Waals surface area contributed by atoms with Crippen LogP contribution in [0.15, 0.2) is 47.9 Å². The predicted octanol–water partition coefficient (Wildman–Crippen LogP) is 5.47. The van der Waals surface area contributed by atoms with E-state index in [2.05, 4.69) is 29.3 Å². The summed E-state index contributed by atoms with van der Waals surface area (Å²) < 4.78 is 6.02. The summed E-state index contributed by atoms with van der Waals surface area (Å²) in [6.45, 7) is 3.48. The van der Waals surface area contributed by atoms with Gasteiger partial charge in [0.15, 0.2) is 0 Å². The fourth-order valence-corrected chi connectivity index (χ4v) is 4.58. The quantitative estimate of drug-likeness (QED) is 0.697. The van der Waals surface area contributed by atoms with Crippen LogP contribution in [0.4, 0.5) is 5.69 Å². The highest BCUT2D eigenvalue weighted by Crippen LogP contribution is 2.39. The molecule has 3 aliphatic heterocycles. The number of benzene rings is 1. The Morgan fingerprint density at radius 1 is 1.20 bits per heavy atom.